The Kier molecular flexibility index (Phi) is 6.94. The van der Waals surface area contributed by atoms with E-state index in [-0.39, 0.29) is 0 Å². The number of rotatable bonds is 7. The van der Waals surface area contributed by atoms with Crippen LogP contribution < -0.4 is 0 Å². The van der Waals surface area contributed by atoms with Crippen LogP contribution in [-0.4, -0.2) is 59.6 Å². The molecule has 0 radical (unpaired) electrons. The van der Waals surface area contributed by atoms with Crippen LogP contribution in [0.2, 0.25) is 0 Å². The first-order valence-electron chi connectivity index (χ1n) is 6.13. The van der Waals surface area contributed by atoms with E-state index in [0.29, 0.717) is 0 Å². The third-order valence-electron chi connectivity index (χ3n) is 2.75. The van der Waals surface area contributed by atoms with Crippen LogP contribution in [0.1, 0.15) is 0 Å². The van der Waals surface area contributed by atoms with Gasteiger partial charge in [0, 0.05) is 0 Å². The molecule has 0 rings (SSSR count). The van der Waals surface area contributed by atoms with Crippen molar-refractivity contribution >= 4 is 0 Å². The maximum absolute atomic E-state index is 13.5. The lowest BCUT2D eigenvalue weighted by atomic mass is 10.2. The van der Waals surface area contributed by atoms with Gasteiger partial charge in [-0.2, -0.15) is 83.4 Å². The molecule has 0 bridgehead atoms. The lowest BCUT2D eigenvalue weighted by Gasteiger charge is -2.41. The van der Waals surface area contributed by atoms with Crippen molar-refractivity contribution in [1.82, 2.24) is 0 Å². The normalized spacial score (nSPS) is 19.7. The summed E-state index contributed by atoms with van der Waals surface area (Å²) in [5.41, 5.74) is 0. The smallest absolute Gasteiger partial charge is 0.331 e. The van der Waals surface area contributed by atoms with E-state index in [1.165, 1.54) is 4.74 Å². The van der Waals surface area contributed by atoms with E-state index in [0.717, 1.165) is 4.74 Å². The van der Waals surface area contributed by atoms with E-state index in [1.807, 2.05) is 0 Å². The van der Waals surface area contributed by atoms with Crippen LogP contribution in [0.25, 0.3) is 0 Å². The van der Waals surface area contributed by atoms with Crippen LogP contribution in [0.5, 0.6) is 0 Å². The van der Waals surface area contributed by atoms with Crippen molar-refractivity contribution in [2.24, 2.45) is 0 Å². The molecule has 188 valence electrons. The molecular weight excluding hydrogens is 517 g/mol. The first-order chi connectivity index (χ1) is 12.9. The van der Waals surface area contributed by atoms with E-state index in [1.54, 1.807) is 0 Å². The number of hydrogen-bond donors (Lipinski definition) is 1. The minimum atomic E-state index is -8.29. The van der Waals surface area contributed by atoms with Crippen molar-refractivity contribution in [3.63, 3.8) is 0 Å². The minimum absolute atomic E-state index is 1.09. The summed E-state index contributed by atoms with van der Waals surface area (Å²) in [6.45, 7) is 0. The molecule has 2 atom stereocenters. The molecule has 0 aliphatic rings. The van der Waals surface area contributed by atoms with Crippen LogP contribution in [0.15, 0.2) is 0 Å². The summed E-state index contributed by atoms with van der Waals surface area (Å²) in [7, 11) is 0. The Morgan fingerprint density at radius 2 is 0.677 bits per heavy atom. The molecule has 0 fully saturated rings. The van der Waals surface area contributed by atoms with Gasteiger partial charge >= 0.3 is 54.5 Å². The zero-order valence-electron chi connectivity index (χ0n) is 12.9. The Bertz CT molecular complexity index is 624. The molecule has 0 aliphatic heterocycles. The molecule has 0 aromatic carbocycles. The van der Waals surface area contributed by atoms with E-state index < -0.39 is 54.5 Å². The Balaban J connectivity index is 6.73. The van der Waals surface area contributed by atoms with Crippen LogP contribution in [0.4, 0.5) is 83.4 Å². The van der Waals surface area contributed by atoms with E-state index in [2.05, 4.69) is 0 Å². The first kappa shape index (κ1) is 29.5. The Morgan fingerprint density at radius 1 is 0.387 bits per heavy atom. The monoisotopic (exact) mass is 518 g/mol. The molecule has 2 unspecified atom stereocenters. The molecule has 0 saturated carbocycles. The standard InChI is InChI=1S/C9HF19O3/c10-1(11,4(14,15)16)8(25,26)31-3(13,6(20,21)22)9(27,28)30-2(12,5(17,18)19)7(23,24)29/h29H. The Labute approximate surface area is 154 Å². The van der Waals surface area contributed by atoms with E-state index >= 15 is 0 Å². The summed E-state index contributed by atoms with van der Waals surface area (Å²) in [6.07, 6.45) is -47.2. The van der Waals surface area contributed by atoms with Gasteiger partial charge in [-0.3, -0.25) is 9.47 Å². The van der Waals surface area contributed by atoms with E-state index in [9.17, 15) is 83.4 Å². The molecule has 3 nitrogen and oxygen atoms in total. The Morgan fingerprint density at radius 3 is 0.903 bits per heavy atom. The summed E-state index contributed by atoms with van der Waals surface area (Å²) in [6, 6.07) is 0. The SMILES string of the molecule is OC(F)(F)C(F)(OC(F)(F)C(F)(OC(F)(F)C(F)(F)C(F)(F)F)C(F)(F)F)C(F)(F)F. The molecule has 0 aliphatic carbocycles. The molecule has 0 spiro atoms. The second kappa shape index (κ2) is 7.28. The zero-order chi connectivity index (χ0) is 25.9. The lowest BCUT2D eigenvalue weighted by molar-refractivity contribution is -0.570. The van der Waals surface area contributed by atoms with Gasteiger partial charge < -0.3 is 5.11 Å². The fourth-order valence-electron chi connectivity index (χ4n) is 1.22. The van der Waals surface area contributed by atoms with Crippen molar-refractivity contribution in [2.75, 3.05) is 0 Å². The van der Waals surface area contributed by atoms with Crippen molar-refractivity contribution in [3.8, 4) is 0 Å². The van der Waals surface area contributed by atoms with Crippen molar-refractivity contribution < 1.29 is 98.0 Å². The maximum atomic E-state index is 13.5. The zero-order valence-corrected chi connectivity index (χ0v) is 12.9. The molecule has 0 amide bonds. The molecule has 1 N–H and O–H groups in total. The van der Waals surface area contributed by atoms with Gasteiger partial charge in [0.1, 0.15) is 0 Å². The maximum Gasteiger partial charge on any atom is 0.462 e. The van der Waals surface area contributed by atoms with Gasteiger partial charge in [-0.05, 0) is 0 Å². The number of hydrogen-bond acceptors (Lipinski definition) is 3. The van der Waals surface area contributed by atoms with Gasteiger partial charge in [0.2, 0.25) is 0 Å². The van der Waals surface area contributed by atoms with Gasteiger partial charge in [-0.15, -0.1) is 0 Å². The fourth-order valence-corrected chi connectivity index (χ4v) is 1.22. The average molecular weight is 518 g/mol. The third-order valence-corrected chi connectivity index (χ3v) is 2.75. The third kappa shape index (κ3) is 4.83. The average Bonchev–Trinajstić information content (AvgIpc) is 2.40. The largest absolute Gasteiger partial charge is 0.462 e. The second-order valence-corrected chi connectivity index (χ2v) is 5.04. The highest BCUT2D eigenvalue weighted by atomic mass is 19.4. The predicted molar refractivity (Wildman–Crippen MR) is 50.0 cm³/mol. The molecular formula is C9HF19O3. The van der Waals surface area contributed by atoms with Gasteiger partial charge in [0.05, 0.1) is 0 Å². The first-order valence-corrected chi connectivity index (χ1v) is 6.13. The van der Waals surface area contributed by atoms with Crippen LogP contribution >= 0.6 is 0 Å². The summed E-state index contributed by atoms with van der Waals surface area (Å²) in [5.74, 6) is -24.0. The molecule has 0 aromatic heterocycles. The minimum Gasteiger partial charge on any atom is -0.331 e. The van der Waals surface area contributed by atoms with Crippen LogP contribution in [0, 0.1) is 0 Å². The molecule has 0 saturated heterocycles. The van der Waals surface area contributed by atoms with Gasteiger partial charge in [-0.1, -0.05) is 0 Å². The van der Waals surface area contributed by atoms with Crippen molar-refractivity contribution in [1.29, 1.82) is 0 Å². The quantitative estimate of drug-likeness (QED) is 0.457. The number of ether oxygens (including phenoxy) is 2. The molecule has 0 aromatic rings. The molecule has 31 heavy (non-hydrogen) atoms. The molecule has 0 heterocycles. The van der Waals surface area contributed by atoms with E-state index in [4.69, 9.17) is 5.11 Å². The van der Waals surface area contributed by atoms with Gasteiger partial charge in [0.25, 0.3) is 0 Å². The van der Waals surface area contributed by atoms with Crippen molar-refractivity contribution in [3.05, 3.63) is 0 Å². The predicted octanol–water partition coefficient (Wildman–Crippen LogP) is 5.44. The summed E-state index contributed by atoms with van der Waals surface area (Å²) < 4.78 is 240. The topological polar surface area (TPSA) is 38.7 Å². The van der Waals surface area contributed by atoms with Gasteiger partial charge in [0.15, 0.2) is 0 Å². The van der Waals surface area contributed by atoms with Gasteiger partial charge in [-0.25, -0.2) is 0 Å². The summed E-state index contributed by atoms with van der Waals surface area (Å²) >= 11 is 0. The van der Waals surface area contributed by atoms with Crippen molar-refractivity contribution in [2.45, 2.75) is 54.5 Å². The second-order valence-electron chi connectivity index (χ2n) is 5.04. The lowest BCUT2D eigenvalue weighted by Crippen LogP contribution is -2.69. The van der Waals surface area contributed by atoms with Crippen LogP contribution in [-0.2, 0) is 9.47 Å². The number of halogens is 19. The molecule has 22 heteroatoms. The Hall–Kier alpha value is -1.45. The summed E-state index contributed by atoms with van der Waals surface area (Å²) in [4.78, 5) is 0. The highest BCUT2D eigenvalue weighted by molar-refractivity contribution is 4.96. The highest BCUT2D eigenvalue weighted by Crippen LogP contribution is 2.57. The number of alkyl halides is 19. The van der Waals surface area contributed by atoms with Crippen LogP contribution in [0.3, 0.4) is 0 Å². The number of aliphatic hydroxyl groups is 1. The fraction of sp³-hybridized carbons (Fsp3) is 1.00. The highest BCUT2D eigenvalue weighted by Gasteiger charge is 2.87. The summed E-state index contributed by atoms with van der Waals surface area (Å²) in [5, 5.41) is 7.62.